The number of nitrogens with zero attached hydrogens (tertiary/aromatic N) is 1. The van der Waals surface area contributed by atoms with Crippen molar-refractivity contribution < 1.29 is 4.74 Å². The molecule has 0 saturated heterocycles. The van der Waals surface area contributed by atoms with Gasteiger partial charge in [-0.25, -0.2) is 4.98 Å². The van der Waals surface area contributed by atoms with Crippen LogP contribution >= 0.6 is 11.6 Å². The molecular weight excluding hydrogens is 174 g/mol. The third-order valence-corrected chi connectivity index (χ3v) is 1.67. The van der Waals surface area contributed by atoms with Gasteiger partial charge < -0.3 is 4.74 Å². The second kappa shape index (κ2) is 4.12. The van der Waals surface area contributed by atoms with Crippen molar-refractivity contribution in [3.05, 3.63) is 35.6 Å². The Morgan fingerprint density at radius 2 is 2.50 bits per heavy atom. The molecule has 0 N–H and O–H groups in total. The van der Waals surface area contributed by atoms with E-state index in [1.54, 1.807) is 12.3 Å². The third-order valence-electron chi connectivity index (χ3n) is 1.40. The first-order valence-electron chi connectivity index (χ1n) is 3.60. The molecule has 12 heavy (non-hydrogen) atoms. The molecule has 0 bridgehead atoms. The molecular formula is C9H10ClNO. The average Bonchev–Trinajstić information content (AvgIpc) is 2.04. The number of ether oxygens (including phenoxy) is 1. The van der Waals surface area contributed by atoms with Gasteiger partial charge in [0.05, 0.1) is 0 Å². The van der Waals surface area contributed by atoms with Crippen LogP contribution in [0.4, 0.5) is 0 Å². The van der Waals surface area contributed by atoms with E-state index in [0.29, 0.717) is 17.5 Å². The molecule has 1 aromatic heterocycles. The van der Waals surface area contributed by atoms with Crippen molar-refractivity contribution in [3.8, 4) is 5.75 Å². The Morgan fingerprint density at radius 1 is 1.75 bits per heavy atom. The molecule has 3 heteroatoms. The van der Waals surface area contributed by atoms with Crippen LogP contribution in [0, 0.1) is 6.92 Å². The number of aryl methyl sites for hydroxylation is 1. The summed E-state index contributed by atoms with van der Waals surface area (Å²) in [5, 5.41) is 0.400. The fourth-order valence-corrected chi connectivity index (χ4v) is 1.09. The Hall–Kier alpha value is -1.02. The quantitative estimate of drug-likeness (QED) is 0.531. The highest BCUT2D eigenvalue weighted by atomic mass is 35.5. The molecule has 0 spiro atoms. The fraction of sp³-hybridized carbons (Fsp3) is 0.222. The lowest BCUT2D eigenvalue weighted by Crippen LogP contribution is -1.96. The molecule has 0 aliphatic heterocycles. The van der Waals surface area contributed by atoms with E-state index in [1.165, 1.54) is 0 Å². The van der Waals surface area contributed by atoms with Crippen LogP contribution in [0.5, 0.6) is 5.75 Å². The number of aromatic nitrogens is 1. The van der Waals surface area contributed by atoms with Gasteiger partial charge in [-0.2, -0.15) is 0 Å². The maximum atomic E-state index is 5.79. The monoisotopic (exact) mass is 183 g/mol. The van der Waals surface area contributed by atoms with Gasteiger partial charge in [-0.05, 0) is 18.6 Å². The second-order valence-electron chi connectivity index (χ2n) is 2.35. The molecule has 1 heterocycles. The summed E-state index contributed by atoms with van der Waals surface area (Å²) in [4.78, 5) is 3.90. The van der Waals surface area contributed by atoms with E-state index in [1.807, 2.05) is 13.0 Å². The molecule has 0 radical (unpaired) electrons. The number of hydrogen-bond donors (Lipinski definition) is 0. The second-order valence-corrected chi connectivity index (χ2v) is 2.71. The van der Waals surface area contributed by atoms with E-state index in [-0.39, 0.29) is 0 Å². The maximum absolute atomic E-state index is 5.79. The highest BCUT2D eigenvalue weighted by Gasteiger charge is 2.04. The van der Waals surface area contributed by atoms with Crippen LogP contribution < -0.4 is 4.74 Å². The van der Waals surface area contributed by atoms with Crippen LogP contribution in [0.15, 0.2) is 24.9 Å². The topological polar surface area (TPSA) is 22.1 Å². The van der Waals surface area contributed by atoms with Gasteiger partial charge in [0.1, 0.15) is 6.61 Å². The zero-order valence-corrected chi connectivity index (χ0v) is 7.64. The van der Waals surface area contributed by atoms with E-state index in [9.17, 15) is 0 Å². The van der Waals surface area contributed by atoms with Gasteiger partial charge in [0.25, 0.3) is 0 Å². The highest BCUT2D eigenvalue weighted by Crippen LogP contribution is 2.25. The zero-order chi connectivity index (χ0) is 8.97. The van der Waals surface area contributed by atoms with Crippen molar-refractivity contribution in [1.29, 1.82) is 0 Å². The normalized spacial score (nSPS) is 9.50. The molecule has 0 amide bonds. The van der Waals surface area contributed by atoms with Gasteiger partial charge in [-0.1, -0.05) is 24.3 Å². The molecule has 0 atom stereocenters. The van der Waals surface area contributed by atoms with Crippen LogP contribution in [0.2, 0.25) is 5.15 Å². The molecule has 1 rings (SSSR count). The van der Waals surface area contributed by atoms with Gasteiger partial charge in [0.15, 0.2) is 10.9 Å². The summed E-state index contributed by atoms with van der Waals surface area (Å²) in [6.45, 7) is 5.92. The number of rotatable bonds is 3. The largest absolute Gasteiger partial charge is 0.486 e. The summed E-state index contributed by atoms with van der Waals surface area (Å²) in [7, 11) is 0. The first kappa shape index (κ1) is 9.07. The Bertz CT molecular complexity index is 266. The summed E-state index contributed by atoms with van der Waals surface area (Å²) >= 11 is 5.79. The predicted molar refractivity (Wildman–Crippen MR) is 49.7 cm³/mol. The standard InChI is InChI=1S/C9H10ClNO/c1-3-6-12-8-7(2)4-5-11-9(8)10/h3-5H,1,6H2,2H3. The molecule has 0 aliphatic rings. The molecule has 0 unspecified atom stereocenters. The minimum atomic E-state index is 0.400. The number of halogens is 1. The Labute approximate surface area is 76.8 Å². The minimum absolute atomic E-state index is 0.400. The average molecular weight is 184 g/mol. The summed E-state index contributed by atoms with van der Waals surface area (Å²) in [5.41, 5.74) is 0.983. The van der Waals surface area contributed by atoms with Crippen molar-refractivity contribution in [2.45, 2.75) is 6.92 Å². The Kier molecular flexibility index (Phi) is 3.11. The van der Waals surface area contributed by atoms with Gasteiger partial charge >= 0.3 is 0 Å². The van der Waals surface area contributed by atoms with Crippen molar-refractivity contribution >= 4 is 11.6 Å². The van der Waals surface area contributed by atoms with Crippen molar-refractivity contribution in [2.75, 3.05) is 6.61 Å². The van der Waals surface area contributed by atoms with Gasteiger partial charge in [0, 0.05) is 6.20 Å². The minimum Gasteiger partial charge on any atom is -0.486 e. The molecule has 1 aromatic rings. The van der Waals surface area contributed by atoms with Crippen LogP contribution in [0.1, 0.15) is 5.56 Å². The smallest absolute Gasteiger partial charge is 0.171 e. The van der Waals surface area contributed by atoms with Crippen molar-refractivity contribution in [2.24, 2.45) is 0 Å². The number of hydrogen-bond acceptors (Lipinski definition) is 2. The zero-order valence-electron chi connectivity index (χ0n) is 6.88. The van der Waals surface area contributed by atoms with Crippen LogP contribution in [0.3, 0.4) is 0 Å². The van der Waals surface area contributed by atoms with E-state index in [4.69, 9.17) is 16.3 Å². The van der Waals surface area contributed by atoms with Gasteiger partial charge in [-0.3, -0.25) is 0 Å². The lowest BCUT2D eigenvalue weighted by Gasteiger charge is -2.06. The third kappa shape index (κ3) is 1.98. The SMILES string of the molecule is C=CCOc1c(C)ccnc1Cl. The number of pyridine rings is 1. The first-order chi connectivity index (χ1) is 5.75. The highest BCUT2D eigenvalue weighted by molar-refractivity contribution is 6.30. The predicted octanol–water partition coefficient (Wildman–Crippen LogP) is 2.61. The molecule has 0 saturated carbocycles. The van der Waals surface area contributed by atoms with Gasteiger partial charge in [-0.15, -0.1) is 0 Å². The van der Waals surface area contributed by atoms with Crippen LogP contribution in [-0.4, -0.2) is 11.6 Å². The van der Waals surface area contributed by atoms with E-state index in [0.717, 1.165) is 5.56 Å². The Balaban J connectivity index is 2.88. The maximum Gasteiger partial charge on any atom is 0.171 e. The summed E-state index contributed by atoms with van der Waals surface area (Å²) in [5.74, 6) is 0.638. The summed E-state index contributed by atoms with van der Waals surface area (Å²) in [6.07, 6.45) is 3.32. The van der Waals surface area contributed by atoms with Crippen LogP contribution in [-0.2, 0) is 0 Å². The van der Waals surface area contributed by atoms with Crippen molar-refractivity contribution in [3.63, 3.8) is 0 Å². The fourth-order valence-electron chi connectivity index (χ4n) is 0.827. The van der Waals surface area contributed by atoms with E-state index in [2.05, 4.69) is 11.6 Å². The van der Waals surface area contributed by atoms with E-state index >= 15 is 0 Å². The van der Waals surface area contributed by atoms with Gasteiger partial charge in [0.2, 0.25) is 0 Å². The molecule has 2 nitrogen and oxygen atoms in total. The lowest BCUT2D eigenvalue weighted by molar-refractivity contribution is 0.359. The first-order valence-corrected chi connectivity index (χ1v) is 3.98. The Morgan fingerprint density at radius 3 is 3.08 bits per heavy atom. The van der Waals surface area contributed by atoms with Crippen LogP contribution in [0.25, 0.3) is 0 Å². The lowest BCUT2D eigenvalue weighted by atomic mass is 10.3. The molecule has 64 valence electrons. The molecule has 0 fully saturated rings. The van der Waals surface area contributed by atoms with E-state index < -0.39 is 0 Å². The summed E-state index contributed by atoms with van der Waals surface area (Å²) < 4.78 is 5.30. The molecule has 0 aliphatic carbocycles. The summed E-state index contributed by atoms with van der Waals surface area (Å²) in [6, 6.07) is 1.85. The molecule has 0 aromatic carbocycles. The van der Waals surface area contributed by atoms with Crippen molar-refractivity contribution in [1.82, 2.24) is 4.98 Å².